The lowest BCUT2D eigenvalue weighted by Gasteiger charge is -2.14. The molecule has 1 aliphatic carbocycles. The van der Waals surface area contributed by atoms with Crippen LogP contribution in [0.3, 0.4) is 0 Å². The molecule has 1 saturated heterocycles. The van der Waals surface area contributed by atoms with E-state index in [0.29, 0.717) is 46.0 Å². The van der Waals surface area contributed by atoms with Gasteiger partial charge in [-0.1, -0.05) is 12.1 Å². The highest BCUT2D eigenvalue weighted by Gasteiger charge is 2.28. The van der Waals surface area contributed by atoms with Crippen molar-refractivity contribution in [3.05, 3.63) is 77.0 Å². The molecular formula is C30H30N4O4. The Bertz CT molecular complexity index is 1430. The number of carbonyl (C=O) groups excluding carboxylic acids is 3. The lowest BCUT2D eigenvalue weighted by molar-refractivity contribution is -0.110. The first kappa shape index (κ1) is 24.2. The monoisotopic (exact) mass is 510 g/mol. The fourth-order valence-corrected chi connectivity index (χ4v) is 4.95. The molecule has 3 heterocycles. The van der Waals surface area contributed by atoms with Crippen molar-refractivity contribution in [3.63, 3.8) is 0 Å². The van der Waals surface area contributed by atoms with Gasteiger partial charge in [0.25, 0.3) is 17.7 Å². The third-order valence-electron chi connectivity index (χ3n) is 7.21. The minimum absolute atomic E-state index is 0.110. The number of carbonyl (C=O) groups is 3. The molecule has 194 valence electrons. The van der Waals surface area contributed by atoms with Crippen LogP contribution in [0, 0.1) is 0 Å². The lowest BCUT2D eigenvalue weighted by atomic mass is 10.0. The van der Waals surface area contributed by atoms with Gasteiger partial charge in [0.2, 0.25) is 0 Å². The van der Waals surface area contributed by atoms with Gasteiger partial charge in [0.05, 0.1) is 5.57 Å². The molecule has 3 N–H and O–H groups in total. The van der Waals surface area contributed by atoms with Crippen LogP contribution in [0.2, 0.25) is 0 Å². The van der Waals surface area contributed by atoms with Crippen molar-refractivity contribution in [1.82, 2.24) is 15.5 Å². The largest absolute Gasteiger partial charge is 0.457 e. The SMILES string of the molecule is O=C1Nc2ccc(C(=O)NC3CC3)cc2C1=Cc1ccc(-c2cccc(C(=O)NCCN3CCCC3)c2)o1. The van der Waals surface area contributed by atoms with E-state index in [1.165, 1.54) is 12.8 Å². The van der Waals surface area contributed by atoms with Gasteiger partial charge < -0.3 is 25.3 Å². The Morgan fingerprint density at radius 1 is 1.00 bits per heavy atom. The summed E-state index contributed by atoms with van der Waals surface area (Å²) in [6, 6.07) is 16.4. The predicted molar refractivity (Wildman–Crippen MR) is 146 cm³/mol. The van der Waals surface area contributed by atoms with E-state index in [2.05, 4.69) is 20.9 Å². The average molecular weight is 511 g/mol. The summed E-state index contributed by atoms with van der Waals surface area (Å²) in [5, 5.41) is 8.84. The number of benzene rings is 2. The van der Waals surface area contributed by atoms with Crippen LogP contribution in [0.25, 0.3) is 23.0 Å². The van der Waals surface area contributed by atoms with Crippen LogP contribution in [0.1, 0.15) is 57.7 Å². The van der Waals surface area contributed by atoms with E-state index in [9.17, 15) is 14.4 Å². The second-order valence-electron chi connectivity index (χ2n) is 10.1. The predicted octanol–water partition coefficient (Wildman–Crippen LogP) is 4.16. The molecule has 3 amide bonds. The zero-order valence-electron chi connectivity index (χ0n) is 21.1. The van der Waals surface area contributed by atoms with Gasteiger partial charge >= 0.3 is 0 Å². The quantitative estimate of drug-likeness (QED) is 0.395. The maximum absolute atomic E-state index is 12.7. The molecule has 3 aliphatic rings. The summed E-state index contributed by atoms with van der Waals surface area (Å²) < 4.78 is 6.04. The number of hydrogen-bond donors (Lipinski definition) is 3. The first-order chi connectivity index (χ1) is 18.5. The Morgan fingerprint density at radius 3 is 2.63 bits per heavy atom. The Kier molecular flexibility index (Phi) is 6.55. The van der Waals surface area contributed by atoms with E-state index in [-0.39, 0.29) is 23.8 Å². The number of fused-ring (bicyclic) bond motifs is 1. The molecule has 8 heteroatoms. The van der Waals surface area contributed by atoms with Crippen molar-refractivity contribution in [2.75, 3.05) is 31.5 Å². The number of amides is 3. The van der Waals surface area contributed by atoms with Crippen LogP contribution >= 0.6 is 0 Å². The molecule has 0 unspecified atom stereocenters. The lowest BCUT2D eigenvalue weighted by Crippen LogP contribution is -2.33. The average Bonchev–Trinajstić information content (AvgIpc) is 3.29. The van der Waals surface area contributed by atoms with E-state index >= 15 is 0 Å². The molecule has 2 aromatic carbocycles. The normalized spacial score (nSPS) is 17.9. The topological polar surface area (TPSA) is 104 Å². The summed E-state index contributed by atoms with van der Waals surface area (Å²) in [5.74, 6) is 0.617. The van der Waals surface area contributed by atoms with Gasteiger partial charge in [0.15, 0.2) is 0 Å². The molecule has 38 heavy (non-hydrogen) atoms. The highest BCUT2D eigenvalue weighted by atomic mass is 16.3. The zero-order valence-corrected chi connectivity index (χ0v) is 21.1. The van der Waals surface area contributed by atoms with Crippen molar-refractivity contribution in [2.45, 2.75) is 31.7 Å². The third-order valence-corrected chi connectivity index (χ3v) is 7.21. The van der Waals surface area contributed by atoms with Crippen LogP contribution < -0.4 is 16.0 Å². The van der Waals surface area contributed by atoms with E-state index in [0.717, 1.165) is 38.0 Å². The number of hydrogen-bond acceptors (Lipinski definition) is 5. The number of anilines is 1. The van der Waals surface area contributed by atoms with Crippen molar-refractivity contribution < 1.29 is 18.8 Å². The van der Waals surface area contributed by atoms with Crippen molar-refractivity contribution in [3.8, 4) is 11.3 Å². The van der Waals surface area contributed by atoms with Gasteiger partial charge in [-0.25, -0.2) is 0 Å². The highest BCUT2D eigenvalue weighted by molar-refractivity contribution is 6.35. The molecule has 1 saturated carbocycles. The Labute approximate surface area is 221 Å². The Morgan fingerprint density at radius 2 is 1.82 bits per heavy atom. The van der Waals surface area contributed by atoms with Gasteiger partial charge in [-0.3, -0.25) is 14.4 Å². The van der Waals surface area contributed by atoms with Crippen LogP contribution in [0.4, 0.5) is 5.69 Å². The number of nitrogens with zero attached hydrogens (tertiary/aromatic N) is 1. The van der Waals surface area contributed by atoms with Gasteiger partial charge in [-0.15, -0.1) is 0 Å². The van der Waals surface area contributed by atoms with Gasteiger partial charge in [-0.05, 0) is 87.3 Å². The van der Waals surface area contributed by atoms with Gasteiger partial charge in [0.1, 0.15) is 11.5 Å². The molecular weight excluding hydrogens is 480 g/mol. The smallest absolute Gasteiger partial charge is 0.256 e. The fourth-order valence-electron chi connectivity index (χ4n) is 4.95. The Hall–Kier alpha value is -4.17. The molecule has 0 radical (unpaired) electrons. The molecule has 6 rings (SSSR count). The van der Waals surface area contributed by atoms with E-state index in [4.69, 9.17) is 4.42 Å². The Balaban J connectivity index is 1.17. The standard InChI is InChI=1S/C30H30N4O4/c35-28(31-12-15-34-13-1-2-14-34)20-5-3-4-19(16-20)27-11-9-23(38-27)18-25-24-17-21(29(36)32-22-7-8-22)6-10-26(24)33-30(25)37/h3-6,9-11,16-18,22H,1-2,7-8,12-15H2,(H,31,35)(H,32,36)(H,33,37). The second-order valence-corrected chi connectivity index (χ2v) is 10.1. The van der Waals surface area contributed by atoms with Crippen LogP contribution in [-0.2, 0) is 4.79 Å². The molecule has 0 atom stereocenters. The molecule has 2 fully saturated rings. The minimum Gasteiger partial charge on any atom is -0.457 e. The van der Waals surface area contributed by atoms with E-state index in [1.54, 1.807) is 36.4 Å². The third kappa shape index (κ3) is 5.26. The number of rotatable bonds is 8. The maximum atomic E-state index is 12.7. The molecule has 2 aliphatic heterocycles. The number of furan rings is 1. The molecule has 0 spiro atoms. The summed E-state index contributed by atoms with van der Waals surface area (Å²) in [4.78, 5) is 40.3. The molecule has 1 aromatic heterocycles. The molecule has 3 aromatic rings. The fraction of sp³-hybridized carbons (Fsp3) is 0.300. The molecule has 8 nitrogen and oxygen atoms in total. The van der Waals surface area contributed by atoms with Crippen LogP contribution in [-0.4, -0.2) is 54.8 Å². The number of nitrogens with one attached hydrogen (secondary N) is 3. The summed E-state index contributed by atoms with van der Waals surface area (Å²) in [7, 11) is 0. The van der Waals surface area contributed by atoms with Gasteiger partial charge in [-0.2, -0.15) is 0 Å². The highest BCUT2D eigenvalue weighted by Crippen LogP contribution is 2.35. The van der Waals surface area contributed by atoms with Crippen LogP contribution in [0.5, 0.6) is 0 Å². The van der Waals surface area contributed by atoms with Gasteiger partial charge in [0, 0.05) is 47.1 Å². The molecule has 0 bridgehead atoms. The van der Waals surface area contributed by atoms with Crippen molar-refractivity contribution in [2.24, 2.45) is 0 Å². The second kappa shape index (κ2) is 10.3. The van der Waals surface area contributed by atoms with E-state index < -0.39 is 0 Å². The van der Waals surface area contributed by atoms with Crippen LogP contribution in [0.15, 0.2) is 59.0 Å². The first-order valence-corrected chi connectivity index (χ1v) is 13.2. The summed E-state index contributed by atoms with van der Waals surface area (Å²) in [6.07, 6.45) is 6.16. The van der Waals surface area contributed by atoms with Crippen molar-refractivity contribution in [1.29, 1.82) is 0 Å². The van der Waals surface area contributed by atoms with E-state index in [1.807, 2.05) is 24.3 Å². The first-order valence-electron chi connectivity index (χ1n) is 13.2. The summed E-state index contributed by atoms with van der Waals surface area (Å²) in [6.45, 7) is 3.69. The summed E-state index contributed by atoms with van der Waals surface area (Å²) in [5.41, 5.74) is 3.64. The minimum atomic E-state index is -0.245. The maximum Gasteiger partial charge on any atom is 0.256 e. The number of likely N-dealkylation sites (tertiary alicyclic amines) is 1. The van der Waals surface area contributed by atoms with Crippen molar-refractivity contribution >= 4 is 35.1 Å². The zero-order chi connectivity index (χ0) is 26.1. The summed E-state index contributed by atoms with van der Waals surface area (Å²) >= 11 is 0.